The summed E-state index contributed by atoms with van der Waals surface area (Å²) in [5, 5.41) is 12.2. The molecule has 0 saturated heterocycles. The maximum atomic E-state index is 12.6. The minimum atomic E-state index is -0.0838. The van der Waals surface area contributed by atoms with Crippen molar-refractivity contribution in [3.05, 3.63) is 48.3 Å². The van der Waals surface area contributed by atoms with Gasteiger partial charge in [0.25, 0.3) is 5.91 Å². The van der Waals surface area contributed by atoms with Gasteiger partial charge in [0.15, 0.2) is 5.82 Å². The Labute approximate surface area is 128 Å². The van der Waals surface area contributed by atoms with E-state index in [4.69, 9.17) is 0 Å². The van der Waals surface area contributed by atoms with Crippen LogP contribution in [0.25, 0.3) is 5.52 Å². The highest BCUT2D eigenvalue weighted by Gasteiger charge is 2.19. The van der Waals surface area contributed by atoms with E-state index in [1.807, 2.05) is 29.0 Å². The molecule has 3 rings (SSSR count). The molecule has 0 atom stereocenters. The number of pyridine rings is 1. The summed E-state index contributed by atoms with van der Waals surface area (Å²) >= 11 is 0. The van der Waals surface area contributed by atoms with E-state index in [1.165, 1.54) is 0 Å². The number of hydrogen-bond donors (Lipinski definition) is 0. The first-order valence-corrected chi connectivity index (χ1v) is 7.14. The van der Waals surface area contributed by atoms with Gasteiger partial charge in [0, 0.05) is 19.3 Å². The molecule has 0 saturated carbocycles. The standard InChI is InChI=1S/C15H18N6O/c1-11(2)20-10-16-18-14(20)9-19(3)15(22)12-8-17-21-7-5-4-6-13(12)21/h4-8,10-11H,9H2,1-3H3. The van der Waals surface area contributed by atoms with E-state index < -0.39 is 0 Å². The van der Waals surface area contributed by atoms with Crippen LogP contribution in [0.1, 0.15) is 36.1 Å². The lowest BCUT2D eigenvalue weighted by atomic mass is 10.2. The van der Waals surface area contributed by atoms with Crippen LogP contribution in [0, 0.1) is 0 Å². The van der Waals surface area contributed by atoms with Crippen molar-refractivity contribution in [2.24, 2.45) is 0 Å². The lowest BCUT2D eigenvalue weighted by Crippen LogP contribution is -2.28. The Morgan fingerprint density at radius 3 is 2.95 bits per heavy atom. The van der Waals surface area contributed by atoms with E-state index in [1.54, 1.807) is 29.0 Å². The lowest BCUT2D eigenvalue weighted by Gasteiger charge is -2.18. The van der Waals surface area contributed by atoms with Crippen LogP contribution >= 0.6 is 0 Å². The van der Waals surface area contributed by atoms with E-state index in [0.29, 0.717) is 12.1 Å². The third-order valence-corrected chi connectivity index (χ3v) is 3.59. The first-order valence-electron chi connectivity index (χ1n) is 7.14. The third-order valence-electron chi connectivity index (χ3n) is 3.59. The Hall–Kier alpha value is -2.70. The molecule has 0 spiro atoms. The van der Waals surface area contributed by atoms with Crippen molar-refractivity contribution in [2.75, 3.05) is 7.05 Å². The highest BCUT2D eigenvalue weighted by atomic mass is 16.2. The van der Waals surface area contributed by atoms with Gasteiger partial charge in [0.2, 0.25) is 0 Å². The predicted molar refractivity (Wildman–Crippen MR) is 81.4 cm³/mol. The number of carbonyl (C=O) groups is 1. The Bertz CT molecular complexity index is 803. The summed E-state index contributed by atoms with van der Waals surface area (Å²) in [5.41, 5.74) is 1.38. The predicted octanol–water partition coefficient (Wildman–Crippen LogP) is 1.78. The molecule has 0 aromatic carbocycles. The third kappa shape index (κ3) is 2.45. The van der Waals surface area contributed by atoms with Crippen LogP contribution in [0.5, 0.6) is 0 Å². The molecule has 7 heteroatoms. The minimum absolute atomic E-state index is 0.0838. The van der Waals surface area contributed by atoms with Crippen LogP contribution in [0.15, 0.2) is 36.9 Å². The van der Waals surface area contributed by atoms with Crippen molar-refractivity contribution >= 4 is 11.4 Å². The number of carbonyl (C=O) groups excluding carboxylic acids is 1. The van der Waals surface area contributed by atoms with E-state index in [0.717, 1.165) is 11.3 Å². The van der Waals surface area contributed by atoms with Gasteiger partial charge in [0.1, 0.15) is 6.33 Å². The first-order chi connectivity index (χ1) is 10.6. The normalized spacial score (nSPS) is 11.3. The highest BCUT2D eigenvalue weighted by Crippen LogP contribution is 2.14. The van der Waals surface area contributed by atoms with Gasteiger partial charge in [-0.1, -0.05) is 6.07 Å². The van der Waals surface area contributed by atoms with Crippen LogP contribution in [-0.4, -0.2) is 42.2 Å². The molecule has 3 aromatic rings. The van der Waals surface area contributed by atoms with Crippen LogP contribution in [0.3, 0.4) is 0 Å². The van der Waals surface area contributed by atoms with E-state index in [2.05, 4.69) is 29.1 Å². The van der Waals surface area contributed by atoms with Gasteiger partial charge < -0.3 is 9.47 Å². The number of aromatic nitrogens is 5. The SMILES string of the molecule is CC(C)n1cnnc1CN(C)C(=O)c1cnn2ccccc12. The smallest absolute Gasteiger partial charge is 0.257 e. The number of amides is 1. The molecule has 7 nitrogen and oxygen atoms in total. The fraction of sp³-hybridized carbons (Fsp3) is 0.333. The Kier molecular flexibility index (Phi) is 3.62. The second kappa shape index (κ2) is 5.59. The molecule has 22 heavy (non-hydrogen) atoms. The summed E-state index contributed by atoms with van der Waals surface area (Å²) in [6, 6.07) is 5.90. The molecule has 0 N–H and O–H groups in total. The van der Waals surface area contributed by atoms with E-state index >= 15 is 0 Å². The van der Waals surface area contributed by atoms with Crippen molar-refractivity contribution in [1.29, 1.82) is 0 Å². The van der Waals surface area contributed by atoms with E-state index in [9.17, 15) is 4.79 Å². The summed E-state index contributed by atoms with van der Waals surface area (Å²) in [7, 11) is 1.76. The van der Waals surface area contributed by atoms with Crippen molar-refractivity contribution < 1.29 is 4.79 Å². The zero-order chi connectivity index (χ0) is 15.7. The molecule has 114 valence electrons. The Balaban J connectivity index is 1.84. The summed E-state index contributed by atoms with van der Waals surface area (Å²) < 4.78 is 3.65. The second-order valence-corrected chi connectivity index (χ2v) is 5.50. The highest BCUT2D eigenvalue weighted by molar-refractivity contribution is 6.00. The molecular formula is C15H18N6O. The van der Waals surface area contributed by atoms with Crippen LogP contribution in [-0.2, 0) is 6.54 Å². The molecule has 1 amide bonds. The zero-order valence-electron chi connectivity index (χ0n) is 12.8. The first kappa shape index (κ1) is 14.2. The minimum Gasteiger partial charge on any atom is -0.334 e. The van der Waals surface area contributed by atoms with E-state index in [-0.39, 0.29) is 11.9 Å². The largest absolute Gasteiger partial charge is 0.334 e. The molecule has 3 heterocycles. The zero-order valence-corrected chi connectivity index (χ0v) is 12.8. The molecule has 0 unspecified atom stereocenters. The maximum absolute atomic E-state index is 12.6. The monoisotopic (exact) mass is 298 g/mol. The summed E-state index contributed by atoms with van der Waals surface area (Å²) in [6.07, 6.45) is 5.11. The van der Waals surface area contributed by atoms with Gasteiger partial charge in [-0.25, -0.2) is 4.52 Å². The fourth-order valence-electron chi connectivity index (χ4n) is 2.40. The summed E-state index contributed by atoms with van der Waals surface area (Å²) in [5.74, 6) is 0.682. The quantitative estimate of drug-likeness (QED) is 0.736. The number of nitrogens with zero attached hydrogens (tertiary/aromatic N) is 6. The molecule has 0 fully saturated rings. The van der Waals surface area contributed by atoms with Crippen molar-refractivity contribution in [3.63, 3.8) is 0 Å². The maximum Gasteiger partial charge on any atom is 0.257 e. The number of rotatable bonds is 4. The van der Waals surface area contributed by atoms with Crippen molar-refractivity contribution in [1.82, 2.24) is 29.3 Å². The Morgan fingerprint density at radius 1 is 1.36 bits per heavy atom. The molecule has 0 aliphatic rings. The summed E-state index contributed by atoms with van der Waals surface area (Å²) in [6.45, 7) is 4.51. The van der Waals surface area contributed by atoms with Gasteiger partial charge in [0.05, 0.1) is 23.8 Å². The average Bonchev–Trinajstić information content (AvgIpc) is 3.12. The number of fused-ring (bicyclic) bond motifs is 1. The number of hydrogen-bond acceptors (Lipinski definition) is 4. The van der Waals surface area contributed by atoms with Crippen molar-refractivity contribution in [3.8, 4) is 0 Å². The second-order valence-electron chi connectivity index (χ2n) is 5.50. The molecule has 0 bridgehead atoms. The summed E-state index contributed by atoms with van der Waals surface area (Å²) in [4.78, 5) is 14.3. The van der Waals surface area contributed by atoms with Gasteiger partial charge in [-0.2, -0.15) is 5.10 Å². The van der Waals surface area contributed by atoms with Crippen LogP contribution in [0.4, 0.5) is 0 Å². The molecular weight excluding hydrogens is 280 g/mol. The van der Waals surface area contributed by atoms with Crippen LogP contribution < -0.4 is 0 Å². The lowest BCUT2D eigenvalue weighted by molar-refractivity contribution is 0.0781. The van der Waals surface area contributed by atoms with Crippen molar-refractivity contribution in [2.45, 2.75) is 26.4 Å². The van der Waals surface area contributed by atoms with Gasteiger partial charge in [-0.3, -0.25) is 4.79 Å². The molecule has 3 aromatic heterocycles. The van der Waals surface area contributed by atoms with Gasteiger partial charge >= 0.3 is 0 Å². The molecule has 0 aliphatic carbocycles. The van der Waals surface area contributed by atoms with Gasteiger partial charge in [-0.15, -0.1) is 10.2 Å². The fourth-order valence-corrected chi connectivity index (χ4v) is 2.40. The molecule has 0 aliphatic heterocycles. The van der Waals surface area contributed by atoms with Gasteiger partial charge in [-0.05, 0) is 26.0 Å². The Morgan fingerprint density at radius 2 is 2.18 bits per heavy atom. The molecule has 0 radical (unpaired) electrons. The van der Waals surface area contributed by atoms with Crippen LogP contribution in [0.2, 0.25) is 0 Å². The topological polar surface area (TPSA) is 68.3 Å². The average molecular weight is 298 g/mol.